The SMILES string of the molecule is COC(=O)Cc1cc(I)cc(NC(=O)OC(C)(C)C)c1. The number of methoxy groups -OCH3 is 1. The average Bonchev–Trinajstić information content (AvgIpc) is 2.24. The summed E-state index contributed by atoms with van der Waals surface area (Å²) in [5, 5.41) is 2.65. The van der Waals surface area contributed by atoms with Gasteiger partial charge in [0.05, 0.1) is 13.5 Å². The third kappa shape index (κ3) is 6.23. The van der Waals surface area contributed by atoms with E-state index in [0.717, 1.165) is 9.13 Å². The van der Waals surface area contributed by atoms with Crippen LogP contribution in [-0.2, 0) is 20.7 Å². The summed E-state index contributed by atoms with van der Waals surface area (Å²) >= 11 is 2.12. The van der Waals surface area contributed by atoms with Crippen molar-refractivity contribution in [2.24, 2.45) is 0 Å². The van der Waals surface area contributed by atoms with Gasteiger partial charge >= 0.3 is 12.1 Å². The van der Waals surface area contributed by atoms with Crippen LogP contribution in [0.25, 0.3) is 0 Å². The normalized spacial score (nSPS) is 10.8. The Kier molecular flexibility index (Phi) is 5.79. The first-order valence-corrected chi connectivity index (χ1v) is 7.14. The Morgan fingerprint density at radius 3 is 2.45 bits per heavy atom. The number of esters is 1. The van der Waals surface area contributed by atoms with Gasteiger partial charge in [-0.15, -0.1) is 0 Å². The van der Waals surface area contributed by atoms with Crippen LogP contribution < -0.4 is 5.32 Å². The van der Waals surface area contributed by atoms with Crippen molar-refractivity contribution in [2.75, 3.05) is 12.4 Å². The molecule has 1 amide bonds. The molecule has 0 saturated carbocycles. The second kappa shape index (κ2) is 6.92. The monoisotopic (exact) mass is 391 g/mol. The van der Waals surface area contributed by atoms with Gasteiger partial charge in [-0.25, -0.2) is 4.79 Å². The Hall–Kier alpha value is -1.31. The van der Waals surface area contributed by atoms with Gasteiger partial charge in [-0.1, -0.05) is 0 Å². The van der Waals surface area contributed by atoms with Crippen molar-refractivity contribution in [1.82, 2.24) is 0 Å². The summed E-state index contributed by atoms with van der Waals surface area (Å²) in [6.07, 6.45) is -0.361. The molecule has 0 aromatic heterocycles. The lowest BCUT2D eigenvalue weighted by Crippen LogP contribution is -2.27. The van der Waals surface area contributed by atoms with E-state index in [-0.39, 0.29) is 12.4 Å². The highest BCUT2D eigenvalue weighted by Gasteiger charge is 2.16. The van der Waals surface area contributed by atoms with E-state index in [9.17, 15) is 9.59 Å². The van der Waals surface area contributed by atoms with Crippen molar-refractivity contribution in [3.63, 3.8) is 0 Å². The van der Waals surface area contributed by atoms with Gasteiger partial charge in [-0.2, -0.15) is 0 Å². The second-order valence-electron chi connectivity index (χ2n) is 5.23. The molecule has 20 heavy (non-hydrogen) atoms. The van der Waals surface area contributed by atoms with Gasteiger partial charge in [0.2, 0.25) is 0 Å². The highest BCUT2D eigenvalue weighted by Crippen LogP contribution is 2.18. The number of amides is 1. The molecule has 1 rings (SSSR count). The zero-order valence-corrected chi connectivity index (χ0v) is 14.1. The van der Waals surface area contributed by atoms with Crippen LogP contribution in [0.5, 0.6) is 0 Å². The lowest BCUT2D eigenvalue weighted by atomic mass is 10.1. The van der Waals surface area contributed by atoms with E-state index in [1.54, 1.807) is 32.9 Å². The van der Waals surface area contributed by atoms with E-state index in [4.69, 9.17) is 4.74 Å². The van der Waals surface area contributed by atoms with Crippen LogP contribution in [0.15, 0.2) is 18.2 Å². The predicted octanol–water partition coefficient (Wildman–Crippen LogP) is 3.35. The summed E-state index contributed by atoms with van der Waals surface area (Å²) in [6, 6.07) is 5.38. The van der Waals surface area contributed by atoms with Gasteiger partial charge in [0.25, 0.3) is 0 Å². The molecular weight excluding hydrogens is 373 g/mol. The van der Waals surface area contributed by atoms with Crippen molar-refractivity contribution >= 4 is 40.3 Å². The number of carbonyl (C=O) groups excluding carboxylic acids is 2. The fourth-order valence-electron chi connectivity index (χ4n) is 1.48. The van der Waals surface area contributed by atoms with Crippen LogP contribution in [0.2, 0.25) is 0 Å². The standard InChI is InChI=1S/C14H18INO4/c1-14(2,3)20-13(18)16-11-6-9(5-10(15)8-11)7-12(17)19-4/h5-6,8H,7H2,1-4H3,(H,16,18). The van der Waals surface area contributed by atoms with Crippen molar-refractivity contribution in [2.45, 2.75) is 32.8 Å². The fraction of sp³-hybridized carbons (Fsp3) is 0.429. The first kappa shape index (κ1) is 16.7. The third-order valence-corrected chi connectivity index (χ3v) is 2.80. The molecule has 0 radical (unpaired) electrons. The molecule has 110 valence electrons. The number of anilines is 1. The average molecular weight is 391 g/mol. The van der Waals surface area contributed by atoms with Crippen molar-refractivity contribution in [3.8, 4) is 0 Å². The maximum atomic E-state index is 11.7. The van der Waals surface area contributed by atoms with E-state index < -0.39 is 11.7 Å². The first-order chi connectivity index (χ1) is 9.19. The molecule has 0 saturated heterocycles. The van der Waals surface area contributed by atoms with Crippen molar-refractivity contribution < 1.29 is 19.1 Å². The number of nitrogens with one attached hydrogen (secondary N) is 1. The van der Waals surface area contributed by atoms with Crippen LogP contribution in [0.3, 0.4) is 0 Å². The summed E-state index contributed by atoms with van der Waals surface area (Å²) in [5.74, 6) is -0.324. The Morgan fingerprint density at radius 1 is 1.25 bits per heavy atom. The second-order valence-corrected chi connectivity index (χ2v) is 6.47. The fourth-order valence-corrected chi connectivity index (χ4v) is 2.22. The predicted molar refractivity (Wildman–Crippen MR) is 84.7 cm³/mol. The van der Waals surface area contributed by atoms with E-state index >= 15 is 0 Å². The molecule has 0 unspecified atom stereocenters. The van der Waals surface area contributed by atoms with Gasteiger partial charge < -0.3 is 9.47 Å². The number of hydrogen-bond acceptors (Lipinski definition) is 4. The van der Waals surface area contributed by atoms with Gasteiger partial charge in [-0.05, 0) is 67.1 Å². The van der Waals surface area contributed by atoms with E-state index in [0.29, 0.717) is 5.69 Å². The minimum absolute atomic E-state index is 0.163. The molecule has 0 bridgehead atoms. The van der Waals surface area contributed by atoms with Crippen LogP contribution >= 0.6 is 22.6 Å². The lowest BCUT2D eigenvalue weighted by Gasteiger charge is -2.19. The van der Waals surface area contributed by atoms with Gasteiger partial charge in [0.1, 0.15) is 5.60 Å². The zero-order chi connectivity index (χ0) is 15.3. The Morgan fingerprint density at radius 2 is 1.90 bits per heavy atom. The molecule has 1 N–H and O–H groups in total. The minimum atomic E-state index is -0.555. The smallest absolute Gasteiger partial charge is 0.412 e. The van der Waals surface area contributed by atoms with Crippen LogP contribution in [-0.4, -0.2) is 24.8 Å². The number of carbonyl (C=O) groups is 2. The highest BCUT2D eigenvalue weighted by atomic mass is 127. The lowest BCUT2D eigenvalue weighted by molar-refractivity contribution is -0.139. The maximum absolute atomic E-state index is 11.7. The van der Waals surface area contributed by atoms with Gasteiger partial charge in [0, 0.05) is 9.26 Å². The van der Waals surface area contributed by atoms with Crippen molar-refractivity contribution in [1.29, 1.82) is 0 Å². The van der Waals surface area contributed by atoms with E-state index in [2.05, 4.69) is 32.6 Å². The summed E-state index contributed by atoms with van der Waals surface area (Å²) in [4.78, 5) is 23.0. The largest absolute Gasteiger partial charge is 0.469 e. The number of rotatable bonds is 3. The zero-order valence-electron chi connectivity index (χ0n) is 12.0. The summed E-state index contributed by atoms with van der Waals surface area (Å²) in [7, 11) is 1.34. The molecule has 0 heterocycles. The topological polar surface area (TPSA) is 64.6 Å². The molecule has 0 fully saturated rings. The van der Waals surface area contributed by atoms with E-state index in [1.807, 2.05) is 6.07 Å². The Labute approximate surface area is 132 Å². The summed E-state index contributed by atoms with van der Waals surface area (Å²) in [6.45, 7) is 5.39. The van der Waals surface area contributed by atoms with Gasteiger partial charge in [0.15, 0.2) is 0 Å². The molecular formula is C14H18INO4. The van der Waals surface area contributed by atoms with Crippen LogP contribution in [0, 0.1) is 3.57 Å². The molecule has 0 aliphatic heterocycles. The summed E-state index contributed by atoms with van der Waals surface area (Å²) in [5.41, 5.74) is 0.806. The Balaban J connectivity index is 2.80. The molecule has 5 nitrogen and oxygen atoms in total. The van der Waals surface area contributed by atoms with Crippen LogP contribution in [0.1, 0.15) is 26.3 Å². The maximum Gasteiger partial charge on any atom is 0.412 e. The Bertz CT molecular complexity index is 508. The number of hydrogen-bond donors (Lipinski definition) is 1. The van der Waals surface area contributed by atoms with E-state index in [1.165, 1.54) is 7.11 Å². The molecule has 0 spiro atoms. The van der Waals surface area contributed by atoms with Crippen LogP contribution in [0.4, 0.5) is 10.5 Å². The van der Waals surface area contributed by atoms with Crippen molar-refractivity contribution in [3.05, 3.63) is 27.3 Å². The highest BCUT2D eigenvalue weighted by molar-refractivity contribution is 14.1. The molecule has 0 aliphatic carbocycles. The molecule has 1 aromatic carbocycles. The number of halogens is 1. The first-order valence-electron chi connectivity index (χ1n) is 6.06. The molecule has 0 atom stereocenters. The molecule has 1 aromatic rings. The number of ether oxygens (including phenoxy) is 2. The molecule has 6 heteroatoms. The third-order valence-electron chi connectivity index (χ3n) is 2.18. The summed E-state index contributed by atoms with van der Waals surface area (Å²) < 4.78 is 10.7. The minimum Gasteiger partial charge on any atom is -0.469 e. The quantitative estimate of drug-likeness (QED) is 0.634. The molecule has 0 aliphatic rings. The number of benzene rings is 1. The van der Waals surface area contributed by atoms with Gasteiger partial charge in [-0.3, -0.25) is 10.1 Å².